The molecule has 4 nitrogen and oxygen atoms in total. The van der Waals surface area contributed by atoms with Gasteiger partial charge in [-0.1, -0.05) is 0 Å². The van der Waals surface area contributed by atoms with Crippen molar-refractivity contribution in [1.29, 1.82) is 0 Å². The standard InChI is InChI=1S/C8H11N3O/c1-6-10-7(5-12)8-9-3-2-4-11(6)8/h5,9H,2-4H2,1H3. The molecule has 0 saturated carbocycles. The normalized spacial score (nSPS) is 15.1. The zero-order valence-electron chi connectivity index (χ0n) is 7.00. The SMILES string of the molecule is Cc1nc(C=O)c2n1CCCN2. The predicted molar refractivity (Wildman–Crippen MR) is 45.5 cm³/mol. The molecule has 2 heterocycles. The third kappa shape index (κ3) is 0.913. The number of hydrogen-bond acceptors (Lipinski definition) is 3. The minimum atomic E-state index is 0.534. The van der Waals surface area contributed by atoms with E-state index in [1.807, 2.05) is 11.5 Å². The summed E-state index contributed by atoms with van der Waals surface area (Å²) in [5.41, 5.74) is 0.534. The molecule has 1 aromatic heterocycles. The molecule has 0 saturated heterocycles. The third-order valence-electron chi connectivity index (χ3n) is 2.15. The van der Waals surface area contributed by atoms with E-state index in [2.05, 4.69) is 10.3 Å². The van der Waals surface area contributed by atoms with Gasteiger partial charge in [-0.3, -0.25) is 4.79 Å². The molecule has 0 aromatic carbocycles. The minimum absolute atomic E-state index is 0.534. The molecule has 4 heteroatoms. The van der Waals surface area contributed by atoms with Crippen LogP contribution in [0, 0.1) is 6.92 Å². The molecule has 0 unspecified atom stereocenters. The van der Waals surface area contributed by atoms with Crippen LogP contribution in [0.2, 0.25) is 0 Å². The van der Waals surface area contributed by atoms with E-state index in [4.69, 9.17) is 0 Å². The highest BCUT2D eigenvalue weighted by molar-refractivity contribution is 5.80. The molecule has 0 fully saturated rings. The molecule has 0 bridgehead atoms. The molecule has 2 rings (SSSR count). The molecule has 0 radical (unpaired) electrons. The lowest BCUT2D eigenvalue weighted by molar-refractivity contribution is 0.112. The lowest BCUT2D eigenvalue weighted by atomic mass is 10.3. The van der Waals surface area contributed by atoms with E-state index < -0.39 is 0 Å². The number of nitrogens with zero attached hydrogens (tertiary/aromatic N) is 2. The number of carbonyl (C=O) groups is 1. The first-order chi connectivity index (χ1) is 5.83. The molecule has 1 aliphatic heterocycles. The molecule has 12 heavy (non-hydrogen) atoms. The quantitative estimate of drug-likeness (QED) is 0.627. The zero-order chi connectivity index (χ0) is 8.55. The first kappa shape index (κ1) is 7.34. The fourth-order valence-electron chi connectivity index (χ4n) is 1.57. The molecule has 64 valence electrons. The van der Waals surface area contributed by atoms with Gasteiger partial charge in [-0.15, -0.1) is 0 Å². The van der Waals surface area contributed by atoms with Gasteiger partial charge in [0.1, 0.15) is 17.3 Å². The summed E-state index contributed by atoms with van der Waals surface area (Å²) in [5.74, 6) is 1.80. The summed E-state index contributed by atoms with van der Waals surface area (Å²) in [6.45, 7) is 3.82. The Morgan fingerprint density at radius 1 is 1.67 bits per heavy atom. The van der Waals surface area contributed by atoms with Crippen LogP contribution in [-0.2, 0) is 6.54 Å². The number of aryl methyl sites for hydroxylation is 1. The molecule has 0 atom stereocenters. The van der Waals surface area contributed by atoms with Crippen molar-refractivity contribution in [2.24, 2.45) is 0 Å². The first-order valence-corrected chi connectivity index (χ1v) is 4.09. The van der Waals surface area contributed by atoms with Crippen molar-refractivity contribution >= 4 is 12.1 Å². The lowest BCUT2D eigenvalue weighted by Gasteiger charge is -2.17. The number of fused-ring (bicyclic) bond motifs is 1. The van der Waals surface area contributed by atoms with Crippen LogP contribution in [0.3, 0.4) is 0 Å². The second-order valence-electron chi connectivity index (χ2n) is 2.94. The van der Waals surface area contributed by atoms with Crippen LogP contribution in [0.25, 0.3) is 0 Å². The van der Waals surface area contributed by atoms with Crippen molar-refractivity contribution < 1.29 is 4.79 Å². The fraction of sp³-hybridized carbons (Fsp3) is 0.500. The minimum Gasteiger partial charge on any atom is -0.369 e. The van der Waals surface area contributed by atoms with Crippen LogP contribution in [-0.4, -0.2) is 22.4 Å². The highest BCUT2D eigenvalue weighted by Crippen LogP contribution is 2.19. The van der Waals surface area contributed by atoms with Crippen LogP contribution >= 0.6 is 0 Å². The van der Waals surface area contributed by atoms with Crippen LogP contribution in [0.4, 0.5) is 5.82 Å². The molecule has 0 aliphatic carbocycles. The molecule has 1 aromatic rings. The van der Waals surface area contributed by atoms with E-state index in [0.717, 1.165) is 37.4 Å². The highest BCUT2D eigenvalue weighted by Gasteiger charge is 2.16. The van der Waals surface area contributed by atoms with Gasteiger partial charge in [0.2, 0.25) is 0 Å². The van der Waals surface area contributed by atoms with Crippen molar-refractivity contribution in [1.82, 2.24) is 9.55 Å². The van der Waals surface area contributed by atoms with Crippen LogP contribution < -0.4 is 5.32 Å². The smallest absolute Gasteiger partial charge is 0.172 e. The number of hydrogen-bond donors (Lipinski definition) is 1. The van der Waals surface area contributed by atoms with E-state index in [9.17, 15) is 4.79 Å². The Morgan fingerprint density at radius 3 is 3.25 bits per heavy atom. The van der Waals surface area contributed by atoms with Gasteiger partial charge in [-0.25, -0.2) is 4.98 Å². The highest BCUT2D eigenvalue weighted by atomic mass is 16.1. The molecule has 1 aliphatic rings. The average Bonchev–Trinajstić information content (AvgIpc) is 2.44. The summed E-state index contributed by atoms with van der Waals surface area (Å²) in [6, 6.07) is 0. The van der Waals surface area contributed by atoms with E-state index in [0.29, 0.717) is 5.69 Å². The number of aldehydes is 1. The van der Waals surface area contributed by atoms with Gasteiger partial charge in [0, 0.05) is 13.1 Å². The van der Waals surface area contributed by atoms with Crippen LogP contribution in [0.5, 0.6) is 0 Å². The summed E-state index contributed by atoms with van der Waals surface area (Å²) in [5, 5.41) is 3.17. The van der Waals surface area contributed by atoms with E-state index in [1.165, 1.54) is 0 Å². The maximum Gasteiger partial charge on any atom is 0.172 e. The van der Waals surface area contributed by atoms with Gasteiger partial charge >= 0.3 is 0 Å². The number of carbonyl (C=O) groups excluding carboxylic acids is 1. The average molecular weight is 165 g/mol. The van der Waals surface area contributed by atoms with Crippen molar-refractivity contribution in [3.63, 3.8) is 0 Å². The van der Waals surface area contributed by atoms with E-state index in [-0.39, 0.29) is 0 Å². The van der Waals surface area contributed by atoms with Gasteiger partial charge in [0.15, 0.2) is 6.29 Å². The predicted octanol–water partition coefficient (Wildman–Crippen LogP) is 0.820. The Bertz CT molecular complexity index is 316. The Morgan fingerprint density at radius 2 is 2.50 bits per heavy atom. The monoisotopic (exact) mass is 165 g/mol. The second kappa shape index (κ2) is 2.62. The van der Waals surface area contributed by atoms with Crippen LogP contribution in [0.1, 0.15) is 22.7 Å². The molecule has 0 amide bonds. The second-order valence-corrected chi connectivity index (χ2v) is 2.94. The number of imidazole rings is 1. The first-order valence-electron chi connectivity index (χ1n) is 4.09. The van der Waals surface area contributed by atoms with Crippen molar-refractivity contribution in [2.45, 2.75) is 19.9 Å². The molecule has 1 N–H and O–H groups in total. The Labute approximate surface area is 70.6 Å². The van der Waals surface area contributed by atoms with Gasteiger partial charge in [0.05, 0.1) is 0 Å². The van der Waals surface area contributed by atoms with E-state index in [1.54, 1.807) is 0 Å². The zero-order valence-corrected chi connectivity index (χ0v) is 7.00. The molecular formula is C8H11N3O. The largest absolute Gasteiger partial charge is 0.369 e. The number of nitrogens with one attached hydrogen (secondary N) is 1. The summed E-state index contributed by atoms with van der Waals surface area (Å²) in [7, 11) is 0. The maximum atomic E-state index is 10.6. The third-order valence-corrected chi connectivity index (χ3v) is 2.15. The summed E-state index contributed by atoms with van der Waals surface area (Å²) in [4.78, 5) is 14.7. The summed E-state index contributed by atoms with van der Waals surface area (Å²) in [6.07, 6.45) is 1.90. The Kier molecular flexibility index (Phi) is 1.60. The van der Waals surface area contributed by atoms with E-state index >= 15 is 0 Å². The van der Waals surface area contributed by atoms with Gasteiger partial charge in [0.25, 0.3) is 0 Å². The molecular weight excluding hydrogens is 154 g/mol. The maximum absolute atomic E-state index is 10.6. The van der Waals surface area contributed by atoms with Crippen molar-refractivity contribution in [3.05, 3.63) is 11.5 Å². The number of rotatable bonds is 1. The Balaban J connectivity index is 2.53. The fourth-order valence-corrected chi connectivity index (χ4v) is 1.57. The Hall–Kier alpha value is -1.32. The van der Waals surface area contributed by atoms with Gasteiger partial charge in [-0.05, 0) is 13.3 Å². The van der Waals surface area contributed by atoms with Crippen molar-refractivity contribution in [3.8, 4) is 0 Å². The van der Waals surface area contributed by atoms with Crippen molar-refractivity contribution in [2.75, 3.05) is 11.9 Å². The summed E-state index contributed by atoms with van der Waals surface area (Å²) >= 11 is 0. The van der Waals surface area contributed by atoms with Gasteiger partial charge in [-0.2, -0.15) is 0 Å². The number of anilines is 1. The topological polar surface area (TPSA) is 46.9 Å². The van der Waals surface area contributed by atoms with Gasteiger partial charge < -0.3 is 9.88 Å². The molecule has 0 spiro atoms. The van der Waals surface area contributed by atoms with Crippen LogP contribution in [0.15, 0.2) is 0 Å². The number of aromatic nitrogens is 2. The summed E-state index contributed by atoms with van der Waals surface area (Å²) < 4.78 is 2.05. The lowest BCUT2D eigenvalue weighted by Crippen LogP contribution is -2.18.